The van der Waals surface area contributed by atoms with Gasteiger partial charge in [-0.15, -0.1) is 0 Å². The van der Waals surface area contributed by atoms with Gasteiger partial charge >= 0.3 is 0 Å². The molecule has 2 heterocycles. The smallest absolute Gasteiger partial charge is 0.124 e. The maximum Gasteiger partial charge on any atom is 0.124 e. The van der Waals surface area contributed by atoms with Gasteiger partial charge in [-0.05, 0) is 99.6 Å². The second-order valence-corrected chi connectivity index (χ2v) is 9.72. The molecule has 32 heavy (non-hydrogen) atoms. The molecule has 1 N–H and O–H groups in total. The molecule has 4 heteroatoms. The highest BCUT2D eigenvalue weighted by Crippen LogP contribution is 2.37. The van der Waals surface area contributed by atoms with E-state index >= 15 is 0 Å². The lowest BCUT2D eigenvalue weighted by molar-refractivity contribution is 0.0633. The van der Waals surface area contributed by atoms with E-state index in [0.29, 0.717) is 12.1 Å². The second-order valence-electron chi connectivity index (χ2n) is 9.72. The molecule has 0 spiro atoms. The quantitative estimate of drug-likeness (QED) is 0.592. The maximum absolute atomic E-state index is 6.38. The van der Waals surface area contributed by atoms with Crippen molar-refractivity contribution in [2.75, 3.05) is 19.8 Å². The molecule has 172 valence electrons. The molecule has 2 aliphatic heterocycles. The summed E-state index contributed by atoms with van der Waals surface area (Å²) in [5.41, 5.74) is 2.54. The Balaban J connectivity index is 1.06. The number of benzene rings is 2. The number of rotatable bonds is 7. The van der Waals surface area contributed by atoms with Gasteiger partial charge in [-0.3, -0.25) is 0 Å². The summed E-state index contributed by atoms with van der Waals surface area (Å²) < 4.78 is 18.1. The minimum absolute atomic E-state index is 0.157. The first kappa shape index (κ1) is 21.8. The molecule has 1 saturated heterocycles. The van der Waals surface area contributed by atoms with Crippen LogP contribution in [-0.4, -0.2) is 31.9 Å². The number of hydrogen-bond acceptors (Lipinski definition) is 4. The molecule has 2 fully saturated rings. The lowest BCUT2D eigenvalue weighted by atomic mass is 9.92. The number of hydrogen-bond donors (Lipinski definition) is 1. The van der Waals surface area contributed by atoms with Crippen LogP contribution >= 0.6 is 0 Å². The predicted molar refractivity (Wildman–Crippen MR) is 127 cm³/mol. The highest BCUT2D eigenvalue weighted by atomic mass is 16.5. The van der Waals surface area contributed by atoms with Crippen molar-refractivity contribution in [3.8, 4) is 11.5 Å². The van der Waals surface area contributed by atoms with E-state index < -0.39 is 0 Å². The van der Waals surface area contributed by atoms with Crippen LogP contribution in [0.4, 0.5) is 0 Å². The van der Waals surface area contributed by atoms with Crippen molar-refractivity contribution < 1.29 is 14.2 Å². The third kappa shape index (κ3) is 5.65. The Labute approximate surface area is 192 Å². The standard InChI is InChI=1S/C28H37NO3/c1-2-4-22(5-3-1)27-12-6-23-20-26(11-13-28(23)32-27)31-25-9-7-24(8-10-25)29-17-14-21-15-18-30-19-16-21/h1-5,11,13,20-21,24-25,27,29H,6-10,12,14-19H2. The minimum atomic E-state index is 0.157. The third-order valence-corrected chi connectivity index (χ3v) is 7.45. The van der Waals surface area contributed by atoms with Crippen LogP contribution in [0.1, 0.15) is 68.6 Å². The van der Waals surface area contributed by atoms with E-state index in [2.05, 4.69) is 53.8 Å². The molecule has 1 aliphatic carbocycles. The van der Waals surface area contributed by atoms with Crippen LogP contribution in [0, 0.1) is 5.92 Å². The Morgan fingerprint density at radius 1 is 0.875 bits per heavy atom. The molecule has 2 aromatic rings. The van der Waals surface area contributed by atoms with Crippen LogP contribution in [0.2, 0.25) is 0 Å². The van der Waals surface area contributed by atoms with Crippen molar-refractivity contribution in [3.05, 3.63) is 59.7 Å². The van der Waals surface area contributed by atoms with Crippen molar-refractivity contribution in [2.24, 2.45) is 5.92 Å². The van der Waals surface area contributed by atoms with Gasteiger partial charge in [0, 0.05) is 19.3 Å². The normalized spacial score (nSPS) is 26.2. The second kappa shape index (κ2) is 10.7. The van der Waals surface area contributed by atoms with Crippen LogP contribution in [-0.2, 0) is 11.2 Å². The molecular formula is C28H37NO3. The van der Waals surface area contributed by atoms with E-state index in [0.717, 1.165) is 62.9 Å². The zero-order valence-electron chi connectivity index (χ0n) is 19.1. The predicted octanol–water partition coefficient (Wildman–Crippen LogP) is 5.85. The van der Waals surface area contributed by atoms with Crippen LogP contribution in [0.15, 0.2) is 48.5 Å². The molecule has 2 aromatic carbocycles. The van der Waals surface area contributed by atoms with Crippen molar-refractivity contribution in [3.63, 3.8) is 0 Å². The zero-order chi connectivity index (χ0) is 21.6. The Kier molecular flexibility index (Phi) is 7.30. The van der Waals surface area contributed by atoms with Gasteiger partial charge in [0.25, 0.3) is 0 Å². The number of ether oxygens (including phenoxy) is 3. The summed E-state index contributed by atoms with van der Waals surface area (Å²) in [5.74, 6) is 2.86. The Morgan fingerprint density at radius 3 is 2.50 bits per heavy atom. The van der Waals surface area contributed by atoms with Crippen molar-refractivity contribution in [1.82, 2.24) is 5.32 Å². The fourth-order valence-electron chi connectivity index (χ4n) is 5.44. The van der Waals surface area contributed by atoms with Crippen molar-refractivity contribution >= 4 is 0 Å². The largest absolute Gasteiger partial charge is 0.490 e. The lowest BCUT2D eigenvalue weighted by Gasteiger charge is -2.31. The molecule has 0 bridgehead atoms. The molecule has 0 aromatic heterocycles. The summed E-state index contributed by atoms with van der Waals surface area (Å²) >= 11 is 0. The van der Waals surface area contributed by atoms with Gasteiger partial charge in [-0.25, -0.2) is 0 Å². The average Bonchev–Trinajstić information content (AvgIpc) is 2.86. The number of aryl methyl sites for hydroxylation is 1. The van der Waals surface area contributed by atoms with Gasteiger partial charge in [0.15, 0.2) is 0 Å². The molecular weight excluding hydrogens is 398 g/mol. The number of nitrogens with one attached hydrogen (secondary N) is 1. The van der Waals surface area contributed by atoms with Gasteiger partial charge in [0.2, 0.25) is 0 Å². The topological polar surface area (TPSA) is 39.7 Å². The molecule has 5 rings (SSSR count). The van der Waals surface area contributed by atoms with Gasteiger partial charge < -0.3 is 19.5 Å². The van der Waals surface area contributed by atoms with E-state index in [1.165, 1.54) is 43.2 Å². The van der Waals surface area contributed by atoms with E-state index in [1.54, 1.807) is 0 Å². The fourth-order valence-corrected chi connectivity index (χ4v) is 5.44. The average molecular weight is 436 g/mol. The van der Waals surface area contributed by atoms with Crippen LogP contribution < -0.4 is 14.8 Å². The van der Waals surface area contributed by atoms with Gasteiger partial charge in [-0.1, -0.05) is 30.3 Å². The first-order valence-corrected chi connectivity index (χ1v) is 12.7. The van der Waals surface area contributed by atoms with Gasteiger partial charge in [0.1, 0.15) is 17.6 Å². The fraction of sp³-hybridized carbons (Fsp3) is 0.571. The molecule has 1 saturated carbocycles. The highest BCUT2D eigenvalue weighted by Gasteiger charge is 2.25. The summed E-state index contributed by atoms with van der Waals surface area (Å²) in [6.45, 7) is 3.06. The summed E-state index contributed by atoms with van der Waals surface area (Å²) in [6, 6.07) is 17.6. The third-order valence-electron chi connectivity index (χ3n) is 7.45. The first-order chi connectivity index (χ1) is 15.8. The van der Waals surface area contributed by atoms with E-state index in [4.69, 9.17) is 14.2 Å². The summed E-state index contributed by atoms with van der Waals surface area (Å²) in [5, 5.41) is 3.80. The summed E-state index contributed by atoms with van der Waals surface area (Å²) in [7, 11) is 0. The molecule has 1 atom stereocenters. The first-order valence-electron chi connectivity index (χ1n) is 12.7. The van der Waals surface area contributed by atoms with Crippen molar-refractivity contribution in [1.29, 1.82) is 0 Å². The Bertz CT molecular complexity index is 841. The van der Waals surface area contributed by atoms with Crippen LogP contribution in [0.25, 0.3) is 0 Å². The lowest BCUT2D eigenvalue weighted by Crippen LogP contribution is -2.37. The number of fused-ring (bicyclic) bond motifs is 1. The van der Waals surface area contributed by atoms with E-state index in [9.17, 15) is 0 Å². The summed E-state index contributed by atoms with van der Waals surface area (Å²) in [6.07, 6.45) is 11.0. The van der Waals surface area contributed by atoms with Crippen LogP contribution in [0.5, 0.6) is 11.5 Å². The minimum Gasteiger partial charge on any atom is -0.490 e. The maximum atomic E-state index is 6.38. The SMILES string of the molecule is c1ccc(C2CCc3cc(OC4CCC(NCCC5CCOCC5)CC4)ccc3O2)cc1. The monoisotopic (exact) mass is 435 g/mol. The highest BCUT2D eigenvalue weighted by molar-refractivity contribution is 5.42. The molecule has 3 aliphatic rings. The Morgan fingerprint density at radius 2 is 1.69 bits per heavy atom. The molecule has 1 unspecified atom stereocenters. The zero-order valence-corrected chi connectivity index (χ0v) is 19.1. The van der Waals surface area contributed by atoms with Crippen molar-refractivity contribution in [2.45, 2.75) is 76.0 Å². The van der Waals surface area contributed by atoms with Gasteiger partial charge in [-0.2, -0.15) is 0 Å². The Hall–Kier alpha value is -2.04. The molecule has 0 radical (unpaired) electrons. The molecule has 4 nitrogen and oxygen atoms in total. The van der Waals surface area contributed by atoms with Gasteiger partial charge in [0.05, 0.1) is 6.10 Å². The van der Waals surface area contributed by atoms with E-state index in [-0.39, 0.29) is 6.10 Å². The molecule has 0 amide bonds. The van der Waals surface area contributed by atoms with E-state index in [1.807, 2.05) is 0 Å². The van der Waals surface area contributed by atoms with Crippen LogP contribution in [0.3, 0.4) is 0 Å². The summed E-state index contributed by atoms with van der Waals surface area (Å²) in [4.78, 5) is 0.